The van der Waals surface area contributed by atoms with Crippen molar-refractivity contribution < 1.29 is 9.53 Å². The van der Waals surface area contributed by atoms with Gasteiger partial charge in [0, 0.05) is 29.7 Å². The Kier molecular flexibility index (Phi) is 10.2. The van der Waals surface area contributed by atoms with E-state index in [4.69, 9.17) is 16.3 Å². The molecule has 1 aliphatic rings. The third-order valence-electron chi connectivity index (χ3n) is 4.81. The van der Waals surface area contributed by atoms with Crippen LogP contribution in [0.4, 0.5) is 0 Å². The number of aromatic nitrogens is 1. The summed E-state index contributed by atoms with van der Waals surface area (Å²) in [5, 5.41) is 7.94. The molecule has 0 saturated carbocycles. The van der Waals surface area contributed by atoms with E-state index in [1.165, 1.54) is 11.3 Å². The Balaban J connectivity index is 0.00000196. The van der Waals surface area contributed by atoms with Gasteiger partial charge in [0.1, 0.15) is 9.88 Å². The minimum atomic E-state index is -0.0673. The molecular weight excluding hydrogens is 441 g/mol. The zero-order valence-corrected chi connectivity index (χ0v) is 19.1. The van der Waals surface area contributed by atoms with Crippen LogP contribution in [0.5, 0.6) is 0 Å². The van der Waals surface area contributed by atoms with E-state index in [0.717, 1.165) is 42.2 Å². The minimum absolute atomic E-state index is 0. The second-order valence-electron chi connectivity index (χ2n) is 6.81. The fraction of sp³-hybridized carbons (Fsp3) is 0.474. The number of piperidine rings is 1. The van der Waals surface area contributed by atoms with Gasteiger partial charge in [-0.15, -0.1) is 36.2 Å². The van der Waals surface area contributed by atoms with Gasteiger partial charge in [-0.25, -0.2) is 4.98 Å². The highest BCUT2D eigenvalue weighted by atomic mass is 35.5. The van der Waals surface area contributed by atoms with E-state index < -0.39 is 0 Å². The molecule has 5 nitrogen and oxygen atoms in total. The standard InChI is InChI=1S/C19H24ClN3O2S.2ClH/c1-13-16(26-18(23-13)14-4-3-5-15(20)10-14)17(24)22-11-19(12-25-2)6-8-21-9-7-19;;/h3-5,10,21H,6-9,11-12H2,1-2H3,(H,22,24);2*1H. The van der Waals surface area contributed by atoms with Crippen LogP contribution in [0.3, 0.4) is 0 Å². The number of methoxy groups -OCH3 is 1. The summed E-state index contributed by atoms with van der Waals surface area (Å²) in [6, 6.07) is 7.53. The lowest BCUT2D eigenvalue weighted by atomic mass is 9.79. The molecule has 3 rings (SSSR count). The van der Waals surface area contributed by atoms with Crippen LogP contribution in [0.25, 0.3) is 10.6 Å². The van der Waals surface area contributed by atoms with Crippen LogP contribution in [-0.4, -0.2) is 44.2 Å². The highest BCUT2D eigenvalue weighted by molar-refractivity contribution is 7.17. The maximum absolute atomic E-state index is 12.7. The van der Waals surface area contributed by atoms with E-state index in [0.29, 0.717) is 23.1 Å². The van der Waals surface area contributed by atoms with Gasteiger partial charge >= 0.3 is 0 Å². The number of nitrogens with zero attached hydrogens (tertiary/aromatic N) is 1. The maximum Gasteiger partial charge on any atom is 0.263 e. The van der Waals surface area contributed by atoms with Crippen LogP contribution in [0.2, 0.25) is 5.02 Å². The number of carbonyl (C=O) groups excluding carboxylic acids is 1. The molecule has 0 unspecified atom stereocenters. The monoisotopic (exact) mass is 465 g/mol. The molecule has 156 valence electrons. The number of benzene rings is 1. The van der Waals surface area contributed by atoms with E-state index in [-0.39, 0.29) is 36.1 Å². The Bertz CT molecular complexity index is 774. The summed E-state index contributed by atoms with van der Waals surface area (Å²) in [6.45, 7) is 5.06. The first-order chi connectivity index (χ1) is 12.5. The summed E-state index contributed by atoms with van der Waals surface area (Å²) in [5.74, 6) is -0.0673. The van der Waals surface area contributed by atoms with Crippen LogP contribution in [-0.2, 0) is 4.74 Å². The molecule has 9 heteroatoms. The molecule has 0 bridgehead atoms. The van der Waals surface area contributed by atoms with Crippen molar-refractivity contribution in [1.82, 2.24) is 15.6 Å². The van der Waals surface area contributed by atoms with Gasteiger partial charge in [-0.2, -0.15) is 0 Å². The molecule has 2 heterocycles. The first kappa shape index (κ1) is 25.1. The number of ether oxygens (including phenoxy) is 1. The summed E-state index contributed by atoms with van der Waals surface area (Å²) < 4.78 is 5.42. The molecule has 1 aromatic carbocycles. The predicted octanol–water partition coefficient (Wildman–Crippen LogP) is 4.36. The Morgan fingerprint density at radius 3 is 2.71 bits per heavy atom. The number of rotatable bonds is 6. The number of halogens is 3. The largest absolute Gasteiger partial charge is 0.384 e. The van der Waals surface area contributed by atoms with E-state index in [2.05, 4.69) is 15.6 Å². The molecule has 2 N–H and O–H groups in total. The number of hydrogen-bond acceptors (Lipinski definition) is 5. The molecular formula is C19H26Cl3N3O2S. The number of aryl methyl sites for hydroxylation is 1. The molecule has 0 radical (unpaired) electrons. The lowest BCUT2D eigenvalue weighted by molar-refractivity contribution is 0.0512. The lowest BCUT2D eigenvalue weighted by Crippen LogP contribution is -2.47. The highest BCUT2D eigenvalue weighted by Crippen LogP contribution is 2.31. The molecule has 0 atom stereocenters. The van der Waals surface area contributed by atoms with Gasteiger partial charge in [0.05, 0.1) is 12.3 Å². The van der Waals surface area contributed by atoms with Crippen LogP contribution < -0.4 is 10.6 Å². The molecule has 1 fully saturated rings. The Hall–Kier alpha value is -0.890. The second kappa shape index (κ2) is 11.3. The van der Waals surface area contributed by atoms with Crippen molar-refractivity contribution in [3.63, 3.8) is 0 Å². The molecule has 1 saturated heterocycles. The topological polar surface area (TPSA) is 63.2 Å². The molecule has 28 heavy (non-hydrogen) atoms. The summed E-state index contributed by atoms with van der Waals surface area (Å²) in [7, 11) is 1.72. The van der Waals surface area contributed by atoms with E-state index in [1.807, 2.05) is 31.2 Å². The van der Waals surface area contributed by atoms with Crippen LogP contribution in [0.15, 0.2) is 24.3 Å². The number of nitrogens with one attached hydrogen (secondary N) is 2. The lowest BCUT2D eigenvalue weighted by Gasteiger charge is -2.37. The van der Waals surface area contributed by atoms with Crippen molar-refractivity contribution >= 4 is 53.7 Å². The highest BCUT2D eigenvalue weighted by Gasteiger charge is 2.33. The molecule has 0 aliphatic carbocycles. The molecule has 1 amide bonds. The maximum atomic E-state index is 12.7. The van der Waals surface area contributed by atoms with E-state index in [9.17, 15) is 4.79 Å². The van der Waals surface area contributed by atoms with E-state index in [1.54, 1.807) is 7.11 Å². The predicted molar refractivity (Wildman–Crippen MR) is 121 cm³/mol. The summed E-state index contributed by atoms with van der Waals surface area (Å²) >= 11 is 7.47. The number of amides is 1. The van der Waals surface area contributed by atoms with Crippen molar-refractivity contribution in [2.24, 2.45) is 5.41 Å². The third kappa shape index (κ3) is 6.05. The van der Waals surface area contributed by atoms with Crippen LogP contribution in [0.1, 0.15) is 28.2 Å². The fourth-order valence-corrected chi connectivity index (χ4v) is 4.50. The average molecular weight is 467 g/mol. The summed E-state index contributed by atoms with van der Waals surface area (Å²) in [5.41, 5.74) is 1.68. The van der Waals surface area contributed by atoms with Gasteiger partial charge in [-0.1, -0.05) is 23.7 Å². The number of carbonyl (C=O) groups is 1. The molecule has 1 aromatic heterocycles. The number of thiazole rings is 1. The van der Waals surface area contributed by atoms with Gasteiger partial charge in [-0.3, -0.25) is 4.79 Å². The quantitative estimate of drug-likeness (QED) is 0.664. The molecule has 1 aliphatic heterocycles. The zero-order chi connectivity index (χ0) is 18.6. The second-order valence-corrected chi connectivity index (χ2v) is 8.25. The summed E-state index contributed by atoms with van der Waals surface area (Å²) in [6.07, 6.45) is 1.99. The Labute approximate surface area is 187 Å². The minimum Gasteiger partial charge on any atom is -0.384 e. The first-order valence-corrected chi connectivity index (χ1v) is 9.94. The van der Waals surface area contributed by atoms with Crippen molar-refractivity contribution in [3.05, 3.63) is 39.9 Å². The van der Waals surface area contributed by atoms with Gasteiger partial charge in [0.25, 0.3) is 5.91 Å². The van der Waals surface area contributed by atoms with Gasteiger partial charge in [-0.05, 0) is 45.0 Å². The van der Waals surface area contributed by atoms with Crippen molar-refractivity contribution in [1.29, 1.82) is 0 Å². The normalized spacial score (nSPS) is 15.2. The third-order valence-corrected chi connectivity index (χ3v) is 6.25. The zero-order valence-electron chi connectivity index (χ0n) is 15.9. The van der Waals surface area contributed by atoms with E-state index >= 15 is 0 Å². The van der Waals surface area contributed by atoms with Gasteiger partial charge in [0.15, 0.2) is 0 Å². The van der Waals surface area contributed by atoms with Crippen LogP contribution >= 0.6 is 47.8 Å². The first-order valence-electron chi connectivity index (χ1n) is 8.74. The van der Waals surface area contributed by atoms with Crippen LogP contribution in [0, 0.1) is 12.3 Å². The fourth-order valence-electron chi connectivity index (χ4n) is 3.34. The average Bonchev–Trinajstić information content (AvgIpc) is 3.03. The number of hydrogen-bond donors (Lipinski definition) is 2. The van der Waals surface area contributed by atoms with Crippen molar-refractivity contribution in [2.45, 2.75) is 19.8 Å². The summed E-state index contributed by atoms with van der Waals surface area (Å²) in [4.78, 5) is 18.0. The van der Waals surface area contributed by atoms with Gasteiger partial charge < -0.3 is 15.4 Å². The molecule has 2 aromatic rings. The Morgan fingerprint density at radius 1 is 1.36 bits per heavy atom. The molecule has 0 spiro atoms. The van der Waals surface area contributed by atoms with Crippen molar-refractivity contribution in [2.75, 3.05) is 33.4 Å². The Morgan fingerprint density at radius 2 is 2.07 bits per heavy atom. The van der Waals surface area contributed by atoms with Gasteiger partial charge in [0.2, 0.25) is 0 Å². The van der Waals surface area contributed by atoms with Crippen molar-refractivity contribution in [3.8, 4) is 10.6 Å². The SMILES string of the molecule is COCC1(CNC(=O)c2sc(-c3cccc(Cl)c3)nc2C)CCNCC1.Cl.Cl. The smallest absolute Gasteiger partial charge is 0.263 e.